The summed E-state index contributed by atoms with van der Waals surface area (Å²) in [5, 5.41) is 6.98. The minimum absolute atomic E-state index is 0.204. The molecule has 2 amide bonds. The first-order valence-corrected chi connectivity index (χ1v) is 11.0. The molecule has 8 heteroatoms. The number of nitrogens with zero attached hydrogens (tertiary/aromatic N) is 3. The molecule has 3 heterocycles. The minimum atomic E-state index is -0.303. The number of rotatable bonds is 7. The van der Waals surface area contributed by atoms with Crippen molar-refractivity contribution < 1.29 is 18.8 Å². The van der Waals surface area contributed by atoms with Gasteiger partial charge in [-0.05, 0) is 44.8 Å². The number of benzene rings is 1. The molecule has 0 atom stereocenters. The third-order valence-corrected chi connectivity index (χ3v) is 6.21. The van der Waals surface area contributed by atoms with E-state index in [9.17, 15) is 9.59 Å². The summed E-state index contributed by atoms with van der Waals surface area (Å²) in [6.45, 7) is 4.38. The maximum Gasteiger partial charge on any atom is 0.290 e. The van der Waals surface area contributed by atoms with E-state index in [-0.39, 0.29) is 23.5 Å². The predicted octanol–water partition coefficient (Wildman–Crippen LogP) is 2.42. The van der Waals surface area contributed by atoms with E-state index in [4.69, 9.17) is 9.26 Å². The van der Waals surface area contributed by atoms with Crippen LogP contribution in [0.3, 0.4) is 0 Å². The van der Waals surface area contributed by atoms with Gasteiger partial charge in [-0.25, -0.2) is 0 Å². The second kappa shape index (κ2) is 9.96. The quantitative estimate of drug-likeness (QED) is 0.732. The van der Waals surface area contributed by atoms with Gasteiger partial charge in [0.25, 0.3) is 5.91 Å². The van der Waals surface area contributed by atoms with Crippen LogP contribution in [0.5, 0.6) is 5.75 Å². The van der Waals surface area contributed by atoms with Crippen molar-refractivity contribution >= 4 is 11.8 Å². The van der Waals surface area contributed by atoms with Crippen molar-refractivity contribution in [1.82, 2.24) is 20.3 Å². The fourth-order valence-corrected chi connectivity index (χ4v) is 4.36. The number of methoxy groups -OCH3 is 1. The Balaban J connectivity index is 1.27. The van der Waals surface area contributed by atoms with Crippen LogP contribution in [0.1, 0.15) is 53.4 Å². The van der Waals surface area contributed by atoms with Crippen molar-refractivity contribution in [3.63, 3.8) is 0 Å². The second-order valence-electron chi connectivity index (χ2n) is 8.25. The van der Waals surface area contributed by atoms with Crippen LogP contribution in [-0.4, -0.2) is 66.6 Å². The van der Waals surface area contributed by atoms with Gasteiger partial charge in [0.2, 0.25) is 11.7 Å². The van der Waals surface area contributed by atoms with Crippen LogP contribution in [0.4, 0.5) is 0 Å². The fraction of sp³-hybridized carbons (Fsp3) is 0.522. The van der Waals surface area contributed by atoms with Crippen LogP contribution in [0.15, 0.2) is 34.9 Å². The molecule has 2 aliphatic rings. The van der Waals surface area contributed by atoms with Crippen molar-refractivity contribution in [2.45, 2.75) is 38.1 Å². The maximum atomic E-state index is 12.5. The fourth-order valence-electron chi connectivity index (χ4n) is 4.36. The summed E-state index contributed by atoms with van der Waals surface area (Å²) in [6.07, 6.45) is 4.05. The lowest BCUT2D eigenvalue weighted by Crippen LogP contribution is -2.43. The number of ether oxygens (including phenoxy) is 1. The van der Waals surface area contributed by atoms with Crippen LogP contribution in [-0.2, 0) is 11.3 Å². The molecule has 0 aliphatic carbocycles. The highest BCUT2D eigenvalue weighted by Gasteiger charge is 2.28. The molecule has 1 aromatic carbocycles. The summed E-state index contributed by atoms with van der Waals surface area (Å²) in [5.41, 5.74) is 1.68. The van der Waals surface area contributed by atoms with Gasteiger partial charge in [0.05, 0.1) is 19.3 Å². The number of para-hydroxylation sites is 1. The van der Waals surface area contributed by atoms with Crippen molar-refractivity contribution in [3.8, 4) is 5.75 Å². The van der Waals surface area contributed by atoms with E-state index in [0.29, 0.717) is 13.1 Å². The smallest absolute Gasteiger partial charge is 0.290 e. The molecule has 2 saturated heterocycles. The molecule has 0 bridgehead atoms. The molecule has 0 saturated carbocycles. The zero-order valence-corrected chi connectivity index (χ0v) is 18.0. The highest BCUT2D eigenvalue weighted by atomic mass is 16.5. The van der Waals surface area contributed by atoms with E-state index in [0.717, 1.165) is 56.0 Å². The highest BCUT2D eigenvalue weighted by Crippen LogP contribution is 2.28. The van der Waals surface area contributed by atoms with Gasteiger partial charge in [0.1, 0.15) is 5.75 Å². The largest absolute Gasteiger partial charge is 0.496 e. The van der Waals surface area contributed by atoms with E-state index in [1.807, 2.05) is 29.2 Å². The van der Waals surface area contributed by atoms with Crippen LogP contribution >= 0.6 is 0 Å². The molecule has 1 aromatic heterocycles. The molecule has 0 unspecified atom stereocenters. The predicted molar refractivity (Wildman–Crippen MR) is 115 cm³/mol. The van der Waals surface area contributed by atoms with E-state index in [1.54, 1.807) is 13.2 Å². The SMILES string of the molecule is COc1ccccc1CNC(=O)c1cc(C2CCN(C(=O)CN3CCCC3)CC2)no1. The Bertz CT molecular complexity index is 898. The Hall–Kier alpha value is -2.87. The number of carbonyl (C=O) groups excluding carboxylic acids is 2. The third kappa shape index (κ3) is 5.25. The normalized spacial score (nSPS) is 17.6. The van der Waals surface area contributed by atoms with Gasteiger partial charge in [0.15, 0.2) is 0 Å². The molecule has 31 heavy (non-hydrogen) atoms. The lowest BCUT2D eigenvalue weighted by molar-refractivity contribution is -0.133. The van der Waals surface area contributed by atoms with Gasteiger partial charge < -0.3 is 19.5 Å². The summed E-state index contributed by atoms with van der Waals surface area (Å²) < 4.78 is 10.6. The Morgan fingerprint density at radius 3 is 2.65 bits per heavy atom. The number of likely N-dealkylation sites (tertiary alicyclic amines) is 2. The first-order valence-electron chi connectivity index (χ1n) is 11.0. The number of piperidine rings is 1. The first-order chi connectivity index (χ1) is 15.1. The molecule has 2 aliphatic heterocycles. The van der Waals surface area contributed by atoms with Crippen LogP contribution < -0.4 is 10.1 Å². The highest BCUT2D eigenvalue weighted by molar-refractivity contribution is 5.91. The molecular formula is C23H30N4O4. The molecule has 2 fully saturated rings. The molecule has 4 rings (SSSR count). The topological polar surface area (TPSA) is 87.9 Å². The number of carbonyl (C=O) groups is 2. The number of nitrogens with one attached hydrogen (secondary N) is 1. The van der Waals surface area contributed by atoms with Gasteiger partial charge in [-0.15, -0.1) is 0 Å². The van der Waals surface area contributed by atoms with E-state index >= 15 is 0 Å². The maximum absolute atomic E-state index is 12.5. The van der Waals surface area contributed by atoms with Gasteiger partial charge in [-0.3, -0.25) is 14.5 Å². The van der Waals surface area contributed by atoms with Gasteiger partial charge in [0, 0.05) is 37.2 Å². The molecular weight excluding hydrogens is 396 g/mol. The Kier molecular flexibility index (Phi) is 6.86. The van der Waals surface area contributed by atoms with E-state index in [1.165, 1.54) is 12.8 Å². The van der Waals surface area contributed by atoms with Crippen LogP contribution in [0.2, 0.25) is 0 Å². The van der Waals surface area contributed by atoms with Gasteiger partial charge >= 0.3 is 0 Å². The molecule has 2 aromatic rings. The van der Waals surface area contributed by atoms with Crippen LogP contribution in [0.25, 0.3) is 0 Å². The molecule has 0 radical (unpaired) electrons. The molecule has 8 nitrogen and oxygen atoms in total. The van der Waals surface area contributed by atoms with E-state index in [2.05, 4.69) is 15.4 Å². The summed E-state index contributed by atoms with van der Waals surface area (Å²) in [4.78, 5) is 29.2. The average molecular weight is 427 g/mol. The molecule has 0 spiro atoms. The summed E-state index contributed by atoms with van der Waals surface area (Å²) >= 11 is 0. The van der Waals surface area contributed by atoms with Crippen molar-refractivity contribution in [1.29, 1.82) is 0 Å². The van der Waals surface area contributed by atoms with Crippen molar-refractivity contribution in [2.24, 2.45) is 0 Å². The minimum Gasteiger partial charge on any atom is -0.496 e. The summed E-state index contributed by atoms with van der Waals surface area (Å²) in [5.74, 6) is 1.06. The van der Waals surface area contributed by atoms with Crippen molar-refractivity contribution in [2.75, 3.05) is 39.8 Å². The lowest BCUT2D eigenvalue weighted by Gasteiger charge is -2.32. The molecule has 166 valence electrons. The second-order valence-corrected chi connectivity index (χ2v) is 8.25. The standard InChI is InChI=1S/C23H30N4O4/c1-30-20-7-3-2-6-18(20)15-24-23(29)21-14-19(25-31-21)17-8-12-27(13-9-17)22(28)16-26-10-4-5-11-26/h2-3,6-7,14,17H,4-5,8-13,15-16H2,1H3,(H,24,29). The van der Waals surface area contributed by atoms with Gasteiger partial charge in [-0.1, -0.05) is 23.4 Å². The number of aromatic nitrogens is 1. The molecule has 1 N–H and O–H groups in total. The Morgan fingerprint density at radius 2 is 1.90 bits per heavy atom. The number of hydrogen-bond donors (Lipinski definition) is 1. The monoisotopic (exact) mass is 426 g/mol. The zero-order chi connectivity index (χ0) is 21.6. The number of hydrogen-bond acceptors (Lipinski definition) is 6. The number of amides is 2. The van der Waals surface area contributed by atoms with E-state index < -0.39 is 0 Å². The summed E-state index contributed by atoms with van der Waals surface area (Å²) in [7, 11) is 1.61. The lowest BCUT2D eigenvalue weighted by atomic mass is 9.93. The van der Waals surface area contributed by atoms with Crippen molar-refractivity contribution in [3.05, 3.63) is 47.3 Å². The Morgan fingerprint density at radius 1 is 1.16 bits per heavy atom. The average Bonchev–Trinajstić information content (AvgIpc) is 3.50. The zero-order valence-electron chi connectivity index (χ0n) is 18.0. The first kappa shape index (κ1) is 21.4. The third-order valence-electron chi connectivity index (χ3n) is 6.21. The Labute approximate surface area is 182 Å². The van der Waals surface area contributed by atoms with Crippen LogP contribution in [0, 0.1) is 0 Å². The summed E-state index contributed by atoms with van der Waals surface area (Å²) in [6, 6.07) is 9.28. The van der Waals surface area contributed by atoms with Gasteiger partial charge in [-0.2, -0.15) is 0 Å².